The molecule has 0 unspecified atom stereocenters. The number of ether oxygens (including phenoxy) is 1. The van der Waals surface area contributed by atoms with Gasteiger partial charge >= 0.3 is 5.97 Å². The van der Waals surface area contributed by atoms with E-state index >= 15 is 0 Å². The molecule has 0 aliphatic rings. The van der Waals surface area contributed by atoms with Crippen LogP contribution in [-0.2, 0) is 16.0 Å². The number of benzene rings is 3. The molecule has 122 valence electrons. The number of fused-ring (bicyclic) bond motifs is 3. The van der Waals surface area contributed by atoms with E-state index in [-0.39, 0.29) is 5.97 Å². The number of esters is 1. The Balaban J connectivity index is 1.63. The van der Waals surface area contributed by atoms with E-state index in [0.717, 1.165) is 19.3 Å². The molecule has 3 aromatic carbocycles. The van der Waals surface area contributed by atoms with Crippen LogP contribution in [0.1, 0.15) is 25.3 Å². The lowest BCUT2D eigenvalue weighted by Crippen LogP contribution is -2.06. The molecule has 0 amide bonds. The van der Waals surface area contributed by atoms with E-state index in [1.807, 2.05) is 0 Å². The Hall–Kier alpha value is -2.61. The van der Waals surface area contributed by atoms with Gasteiger partial charge in [0, 0.05) is 5.57 Å². The van der Waals surface area contributed by atoms with E-state index in [1.165, 1.54) is 27.1 Å². The van der Waals surface area contributed by atoms with Gasteiger partial charge in [0.1, 0.15) is 0 Å². The Morgan fingerprint density at radius 3 is 2.54 bits per heavy atom. The van der Waals surface area contributed by atoms with Crippen molar-refractivity contribution in [2.75, 3.05) is 6.61 Å². The summed E-state index contributed by atoms with van der Waals surface area (Å²) in [4.78, 5) is 11.3. The highest BCUT2D eigenvalue weighted by molar-refractivity contribution is 6.07. The van der Waals surface area contributed by atoms with Crippen molar-refractivity contribution in [1.29, 1.82) is 0 Å². The average molecular weight is 318 g/mol. The fourth-order valence-electron chi connectivity index (χ4n) is 2.94. The van der Waals surface area contributed by atoms with Crippen LogP contribution in [0.15, 0.2) is 66.7 Å². The number of rotatable bonds is 6. The SMILES string of the molecule is C=C(C)C(=O)OCCCCc1ccc2c(ccc3ccccc32)c1. The van der Waals surface area contributed by atoms with Crippen LogP contribution in [0.3, 0.4) is 0 Å². The van der Waals surface area contributed by atoms with E-state index in [9.17, 15) is 4.79 Å². The standard InChI is InChI=1S/C22H22O2/c1-16(2)22(23)24-14-6-5-7-17-10-13-21-19(15-17)12-11-18-8-3-4-9-20(18)21/h3-4,8-13,15H,1,5-7,14H2,2H3. The number of hydrogen-bond acceptors (Lipinski definition) is 2. The summed E-state index contributed by atoms with van der Waals surface area (Å²) < 4.78 is 5.12. The first kappa shape index (κ1) is 16.3. The Labute approximate surface area is 142 Å². The molecule has 0 fully saturated rings. The van der Waals surface area contributed by atoms with Crippen molar-refractivity contribution in [3.63, 3.8) is 0 Å². The van der Waals surface area contributed by atoms with E-state index in [4.69, 9.17) is 4.74 Å². The maximum absolute atomic E-state index is 11.3. The highest BCUT2D eigenvalue weighted by Crippen LogP contribution is 2.26. The molecule has 0 atom stereocenters. The van der Waals surface area contributed by atoms with Gasteiger partial charge in [0.25, 0.3) is 0 Å². The zero-order valence-electron chi connectivity index (χ0n) is 14.0. The summed E-state index contributed by atoms with van der Waals surface area (Å²) in [6.07, 6.45) is 2.87. The largest absolute Gasteiger partial charge is 0.462 e. The van der Waals surface area contributed by atoms with Gasteiger partial charge in [-0.25, -0.2) is 4.79 Å². The predicted molar refractivity (Wildman–Crippen MR) is 100 cm³/mol. The molecule has 0 saturated heterocycles. The molecule has 0 N–H and O–H groups in total. The number of aryl methyl sites for hydroxylation is 1. The normalized spacial score (nSPS) is 10.9. The lowest BCUT2D eigenvalue weighted by atomic mass is 9.98. The minimum Gasteiger partial charge on any atom is -0.462 e. The van der Waals surface area contributed by atoms with Crippen molar-refractivity contribution >= 4 is 27.5 Å². The second-order valence-corrected chi connectivity index (χ2v) is 6.22. The van der Waals surface area contributed by atoms with Crippen LogP contribution in [0.4, 0.5) is 0 Å². The molecule has 0 radical (unpaired) electrons. The molecule has 3 rings (SSSR count). The summed E-state index contributed by atoms with van der Waals surface area (Å²) in [5.74, 6) is -0.299. The number of unbranched alkanes of at least 4 members (excludes halogenated alkanes) is 1. The van der Waals surface area contributed by atoms with Crippen LogP contribution in [0.5, 0.6) is 0 Å². The molecule has 24 heavy (non-hydrogen) atoms. The zero-order chi connectivity index (χ0) is 16.9. The summed E-state index contributed by atoms with van der Waals surface area (Å²) in [7, 11) is 0. The number of carbonyl (C=O) groups is 1. The van der Waals surface area contributed by atoms with Gasteiger partial charge in [-0.1, -0.05) is 61.2 Å². The summed E-state index contributed by atoms with van der Waals surface area (Å²) in [5, 5.41) is 5.15. The smallest absolute Gasteiger partial charge is 0.333 e. The quantitative estimate of drug-likeness (QED) is 0.262. The second kappa shape index (κ2) is 7.31. The number of carbonyl (C=O) groups excluding carboxylic acids is 1. The van der Waals surface area contributed by atoms with Gasteiger partial charge in [-0.15, -0.1) is 0 Å². The molecule has 0 spiro atoms. The third-order valence-electron chi connectivity index (χ3n) is 4.25. The molecule has 2 heteroatoms. The van der Waals surface area contributed by atoms with Crippen molar-refractivity contribution in [2.45, 2.75) is 26.2 Å². The maximum Gasteiger partial charge on any atom is 0.333 e. The summed E-state index contributed by atoms with van der Waals surface area (Å²) in [6.45, 7) is 5.71. The maximum atomic E-state index is 11.3. The van der Waals surface area contributed by atoms with Crippen LogP contribution < -0.4 is 0 Å². The summed E-state index contributed by atoms with van der Waals surface area (Å²) in [6, 6.07) is 19.5. The van der Waals surface area contributed by atoms with Crippen LogP contribution in [0.25, 0.3) is 21.5 Å². The molecule has 0 saturated carbocycles. The fourth-order valence-corrected chi connectivity index (χ4v) is 2.94. The highest BCUT2D eigenvalue weighted by atomic mass is 16.5. The molecule has 2 nitrogen and oxygen atoms in total. The van der Waals surface area contributed by atoms with Crippen LogP contribution in [-0.4, -0.2) is 12.6 Å². The van der Waals surface area contributed by atoms with E-state index < -0.39 is 0 Å². The molecule has 0 aliphatic carbocycles. The van der Waals surface area contributed by atoms with Gasteiger partial charge in [-0.05, 0) is 53.3 Å². The first-order valence-corrected chi connectivity index (χ1v) is 8.38. The topological polar surface area (TPSA) is 26.3 Å². The Kier molecular flexibility index (Phi) is 4.95. The Morgan fingerprint density at radius 2 is 1.71 bits per heavy atom. The molecular formula is C22H22O2. The minimum atomic E-state index is -0.299. The highest BCUT2D eigenvalue weighted by Gasteiger charge is 2.04. The first-order chi connectivity index (χ1) is 11.6. The van der Waals surface area contributed by atoms with Crippen molar-refractivity contribution in [3.05, 3.63) is 72.3 Å². The number of hydrogen-bond donors (Lipinski definition) is 0. The van der Waals surface area contributed by atoms with Gasteiger partial charge in [-0.3, -0.25) is 0 Å². The fraction of sp³-hybridized carbons (Fsp3) is 0.227. The van der Waals surface area contributed by atoms with Crippen molar-refractivity contribution in [1.82, 2.24) is 0 Å². The van der Waals surface area contributed by atoms with E-state index in [1.54, 1.807) is 6.92 Å². The lowest BCUT2D eigenvalue weighted by Gasteiger charge is -2.07. The van der Waals surface area contributed by atoms with Gasteiger partial charge < -0.3 is 4.74 Å². The van der Waals surface area contributed by atoms with Crippen LogP contribution in [0.2, 0.25) is 0 Å². The van der Waals surface area contributed by atoms with Crippen LogP contribution >= 0.6 is 0 Å². The molecule has 3 aromatic rings. The van der Waals surface area contributed by atoms with Gasteiger partial charge in [0.15, 0.2) is 0 Å². The molecule has 0 bridgehead atoms. The first-order valence-electron chi connectivity index (χ1n) is 8.38. The molecule has 0 aromatic heterocycles. The zero-order valence-corrected chi connectivity index (χ0v) is 14.0. The summed E-state index contributed by atoms with van der Waals surface area (Å²) in [5.41, 5.74) is 1.78. The summed E-state index contributed by atoms with van der Waals surface area (Å²) >= 11 is 0. The monoisotopic (exact) mass is 318 g/mol. The Morgan fingerprint density at radius 1 is 0.958 bits per heavy atom. The van der Waals surface area contributed by atoms with Gasteiger partial charge in [0.2, 0.25) is 0 Å². The third-order valence-corrected chi connectivity index (χ3v) is 4.25. The van der Waals surface area contributed by atoms with E-state index in [0.29, 0.717) is 12.2 Å². The van der Waals surface area contributed by atoms with Crippen molar-refractivity contribution < 1.29 is 9.53 Å². The Bertz CT molecular complexity index is 893. The predicted octanol–water partition coefficient (Wildman–Crippen LogP) is 5.44. The molecular weight excluding hydrogens is 296 g/mol. The lowest BCUT2D eigenvalue weighted by molar-refractivity contribution is -0.139. The van der Waals surface area contributed by atoms with Crippen molar-refractivity contribution in [2.24, 2.45) is 0 Å². The minimum absolute atomic E-state index is 0.299. The molecule has 0 aliphatic heterocycles. The second-order valence-electron chi connectivity index (χ2n) is 6.22. The van der Waals surface area contributed by atoms with Crippen molar-refractivity contribution in [3.8, 4) is 0 Å². The average Bonchev–Trinajstić information content (AvgIpc) is 2.60. The van der Waals surface area contributed by atoms with E-state index in [2.05, 4.69) is 61.2 Å². The molecule has 0 heterocycles. The van der Waals surface area contributed by atoms with Gasteiger partial charge in [0.05, 0.1) is 6.61 Å². The third kappa shape index (κ3) is 3.65. The van der Waals surface area contributed by atoms with Gasteiger partial charge in [-0.2, -0.15) is 0 Å². The van der Waals surface area contributed by atoms with Crippen LogP contribution in [0, 0.1) is 0 Å².